The van der Waals surface area contributed by atoms with Crippen LogP contribution in [-0.2, 0) is 16.1 Å². The number of nitrogens with one attached hydrogen (secondary N) is 2. The van der Waals surface area contributed by atoms with Gasteiger partial charge in [0.15, 0.2) is 6.61 Å². The quantitative estimate of drug-likeness (QED) is 0.680. The molecule has 0 radical (unpaired) electrons. The number of rotatable bonds is 9. The number of amides is 1. The molecule has 0 aliphatic carbocycles. The third kappa shape index (κ3) is 6.23. The number of halogens is 1. The van der Waals surface area contributed by atoms with Gasteiger partial charge in [-0.15, -0.1) is 0 Å². The molecule has 0 saturated heterocycles. The summed E-state index contributed by atoms with van der Waals surface area (Å²) >= 11 is 6.12. The van der Waals surface area contributed by atoms with Crippen LogP contribution in [-0.4, -0.2) is 39.3 Å². The van der Waals surface area contributed by atoms with E-state index in [1.165, 1.54) is 0 Å². The maximum atomic E-state index is 11.3. The molecule has 112 valence electrons. The van der Waals surface area contributed by atoms with Crippen molar-refractivity contribution in [3.05, 3.63) is 28.8 Å². The van der Waals surface area contributed by atoms with Gasteiger partial charge in [0.25, 0.3) is 5.91 Å². The van der Waals surface area contributed by atoms with Crippen LogP contribution in [0, 0.1) is 0 Å². The maximum absolute atomic E-state index is 11.3. The molecule has 20 heavy (non-hydrogen) atoms. The van der Waals surface area contributed by atoms with Gasteiger partial charge in [-0.05, 0) is 24.6 Å². The molecule has 0 fully saturated rings. The van der Waals surface area contributed by atoms with E-state index in [4.69, 9.17) is 21.1 Å². The van der Waals surface area contributed by atoms with Crippen molar-refractivity contribution in [2.24, 2.45) is 0 Å². The summed E-state index contributed by atoms with van der Waals surface area (Å²) < 4.78 is 10.3. The van der Waals surface area contributed by atoms with E-state index in [1.807, 2.05) is 19.1 Å². The van der Waals surface area contributed by atoms with Crippen molar-refractivity contribution in [1.29, 1.82) is 0 Å². The summed E-state index contributed by atoms with van der Waals surface area (Å²) in [4.78, 5) is 11.3. The summed E-state index contributed by atoms with van der Waals surface area (Å²) in [5, 5.41) is 6.39. The average molecular weight is 301 g/mol. The van der Waals surface area contributed by atoms with Crippen LogP contribution < -0.4 is 15.4 Å². The van der Waals surface area contributed by atoms with Gasteiger partial charge in [0.2, 0.25) is 0 Å². The van der Waals surface area contributed by atoms with Crippen LogP contribution in [0.2, 0.25) is 5.02 Å². The van der Waals surface area contributed by atoms with Gasteiger partial charge in [-0.3, -0.25) is 4.79 Å². The number of carbonyl (C=O) groups excluding carboxylic acids is 1. The lowest BCUT2D eigenvalue weighted by Gasteiger charge is -2.10. The largest absolute Gasteiger partial charge is 0.482 e. The Morgan fingerprint density at radius 2 is 2.20 bits per heavy atom. The Labute approximate surface area is 124 Å². The molecule has 0 bridgehead atoms. The van der Waals surface area contributed by atoms with Crippen LogP contribution in [0.5, 0.6) is 5.75 Å². The second kappa shape index (κ2) is 9.58. The topological polar surface area (TPSA) is 59.6 Å². The molecule has 2 N–H and O–H groups in total. The standard InChI is InChI=1S/C14H21ClN2O3/c1-3-17-14(18)10-20-13-5-4-11(8-12(13)15)9-16-6-7-19-2/h4-5,8,16H,3,6-7,9-10H2,1-2H3,(H,17,18). The van der Waals surface area contributed by atoms with E-state index < -0.39 is 0 Å². The van der Waals surface area contributed by atoms with Crippen molar-refractivity contribution < 1.29 is 14.3 Å². The Morgan fingerprint density at radius 1 is 1.40 bits per heavy atom. The molecule has 6 heteroatoms. The van der Waals surface area contributed by atoms with Crippen LogP contribution in [0.3, 0.4) is 0 Å². The van der Waals surface area contributed by atoms with Crippen LogP contribution in [0.25, 0.3) is 0 Å². The molecule has 1 aromatic rings. The average Bonchev–Trinajstić information content (AvgIpc) is 2.43. The molecule has 0 aromatic heterocycles. The van der Waals surface area contributed by atoms with Crippen LogP contribution in [0.4, 0.5) is 0 Å². The molecule has 0 saturated carbocycles. The van der Waals surface area contributed by atoms with Crippen molar-refractivity contribution in [1.82, 2.24) is 10.6 Å². The lowest BCUT2D eigenvalue weighted by atomic mass is 10.2. The summed E-state index contributed by atoms with van der Waals surface area (Å²) in [5.74, 6) is 0.354. The van der Waals surface area contributed by atoms with Crippen LogP contribution in [0.1, 0.15) is 12.5 Å². The first-order chi connectivity index (χ1) is 9.67. The number of hydrogen-bond acceptors (Lipinski definition) is 4. The van der Waals surface area contributed by atoms with Gasteiger partial charge < -0.3 is 20.1 Å². The predicted octanol–water partition coefficient (Wildman–Crippen LogP) is 1.59. The Balaban J connectivity index is 2.44. The summed E-state index contributed by atoms with van der Waals surface area (Å²) in [6.07, 6.45) is 0. The van der Waals surface area contributed by atoms with Gasteiger partial charge in [0, 0.05) is 26.7 Å². The normalized spacial score (nSPS) is 10.3. The molecular formula is C14H21ClN2O3. The molecule has 0 aliphatic rings. The number of methoxy groups -OCH3 is 1. The zero-order valence-corrected chi connectivity index (χ0v) is 12.6. The molecular weight excluding hydrogens is 280 g/mol. The molecule has 0 aliphatic heterocycles. The smallest absolute Gasteiger partial charge is 0.257 e. The van der Waals surface area contributed by atoms with E-state index >= 15 is 0 Å². The Hall–Kier alpha value is -1.30. The molecule has 1 rings (SSSR count). The van der Waals surface area contributed by atoms with E-state index in [0.717, 1.165) is 12.1 Å². The highest BCUT2D eigenvalue weighted by Crippen LogP contribution is 2.25. The van der Waals surface area contributed by atoms with Gasteiger partial charge in [0.05, 0.1) is 11.6 Å². The number of likely N-dealkylation sites (N-methyl/N-ethyl adjacent to an activating group) is 1. The predicted molar refractivity (Wildman–Crippen MR) is 79.2 cm³/mol. The fourth-order valence-electron chi connectivity index (χ4n) is 1.57. The zero-order valence-electron chi connectivity index (χ0n) is 11.9. The van der Waals surface area contributed by atoms with Crippen molar-refractivity contribution in [2.75, 3.05) is 33.4 Å². The van der Waals surface area contributed by atoms with Crippen molar-refractivity contribution in [3.8, 4) is 5.75 Å². The lowest BCUT2D eigenvalue weighted by Crippen LogP contribution is -2.28. The van der Waals surface area contributed by atoms with E-state index in [1.54, 1.807) is 13.2 Å². The second-order valence-corrected chi connectivity index (χ2v) is 4.58. The number of hydrogen-bond donors (Lipinski definition) is 2. The molecule has 0 heterocycles. The van der Waals surface area contributed by atoms with Crippen molar-refractivity contribution in [2.45, 2.75) is 13.5 Å². The lowest BCUT2D eigenvalue weighted by molar-refractivity contribution is -0.122. The highest BCUT2D eigenvalue weighted by atomic mass is 35.5. The Morgan fingerprint density at radius 3 is 2.85 bits per heavy atom. The molecule has 0 unspecified atom stereocenters. The molecule has 0 spiro atoms. The SMILES string of the molecule is CCNC(=O)COc1ccc(CNCCOC)cc1Cl. The summed E-state index contributed by atoms with van der Waals surface area (Å²) in [5.41, 5.74) is 1.05. The first-order valence-corrected chi connectivity index (χ1v) is 6.92. The third-order valence-corrected chi connectivity index (χ3v) is 2.84. The molecule has 1 aromatic carbocycles. The summed E-state index contributed by atoms with van der Waals surface area (Å²) in [7, 11) is 1.67. The van der Waals surface area contributed by atoms with Gasteiger partial charge in [0.1, 0.15) is 5.75 Å². The maximum Gasteiger partial charge on any atom is 0.257 e. The second-order valence-electron chi connectivity index (χ2n) is 4.18. The third-order valence-electron chi connectivity index (χ3n) is 2.54. The van der Waals surface area contributed by atoms with Gasteiger partial charge in [-0.1, -0.05) is 17.7 Å². The summed E-state index contributed by atoms with van der Waals surface area (Å²) in [6, 6.07) is 5.52. The van der Waals surface area contributed by atoms with Crippen LogP contribution in [0.15, 0.2) is 18.2 Å². The first kappa shape index (κ1) is 16.8. The van der Waals surface area contributed by atoms with E-state index in [0.29, 0.717) is 30.5 Å². The molecule has 5 nitrogen and oxygen atoms in total. The number of ether oxygens (including phenoxy) is 2. The molecule has 0 atom stereocenters. The van der Waals surface area contributed by atoms with E-state index in [9.17, 15) is 4.79 Å². The first-order valence-electron chi connectivity index (χ1n) is 6.55. The Bertz CT molecular complexity index is 427. The fourth-order valence-corrected chi connectivity index (χ4v) is 1.83. The minimum Gasteiger partial charge on any atom is -0.482 e. The molecule has 1 amide bonds. The monoisotopic (exact) mass is 300 g/mol. The van der Waals surface area contributed by atoms with E-state index in [2.05, 4.69) is 10.6 Å². The van der Waals surface area contributed by atoms with Crippen LogP contribution >= 0.6 is 11.6 Å². The minimum absolute atomic E-state index is 0.0288. The van der Waals surface area contributed by atoms with Crippen molar-refractivity contribution >= 4 is 17.5 Å². The Kier molecular flexibility index (Phi) is 8.02. The number of benzene rings is 1. The van der Waals surface area contributed by atoms with E-state index in [-0.39, 0.29) is 12.5 Å². The van der Waals surface area contributed by atoms with Gasteiger partial charge in [-0.2, -0.15) is 0 Å². The van der Waals surface area contributed by atoms with Gasteiger partial charge in [-0.25, -0.2) is 0 Å². The fraction of sp³-hybridized carbons (Fsp3) is 0.500. The highest BCUT2D eigenvalue weighted by molar-refractivity contribution is 6.32. The highest BCUT2D eigenvalue weighted by Gasteiger charge is 2.06. The van der Waals surface area contributed by atoms with Crippen molar-refractivity contribution in [3.63, 3.8) is 0 Å². The van der Waals surface area contributed by atoms with Gasteiger partial charge >= 0.3 is 0 Å². The number of carbonyl (C=O) groups is 1. The zero-order chi connectivity index (χ0) is 14.8. The minimum atomic E-state index is -0.158. The summed E-state index contributed by atoms with van der Waals surface area (Å²) in [6.45, 7) is 4.57.